The van der Waals surface area contributed by atoms with Crippen molar-refractivity contribution in [3.63, 3.8) is 0 Å². The molecule has 6 rings (SSSR count). The van der Waals surface area contributed by atoms with E-state index in [-0.39, 0.29) is 23.2 Å². The summed E-state index contributed by atoms with van der Waals surface area (Å²) in [6, 6.07) is 8.24. The molecule has 0 spiro atoms. The predicted molar refractivity (Wildman–Crippen MR) is 119 cm³/mol. The van der Waals surface area contributed by atoms with Crippen molar-refractivity contribution in [2.45, 2.75) is 44.6 Å². The Morgan fingerprint density at radius 2 is 1.84 bits per heavy atom. The van der Waals surface area contributed by atoms with Gasteiger partial charge >= 0.3 is 0 Å². The first-order valence-corrected chi connectivity index (χ1v) is 10.9. The van der Waals surface area contributed by atoms with Crippen LogP contribution in [0.1, 0.15) is 48.3 Å². The standard InChI is InChI=1S/C24H26N4O4/c1-15-12-22-25-19(16-2-3-16)14-23(29)28(22)26-24(15)27-8-6-17(7-9-27)32-18-4-5-20-21(13-18)31-11-10-30-20/h4-5,12-14,16-17H,2-3,6-11H2,1H3/i10D2,11D2. The zero-order chi connectivity index (χ0) is 25.2. The average molecular weight is 439 g/mol. The second kappa shape index (κ2) is 7.69. The number of anilines is 1. The molecule has 1 saturated carbocycles. The third kappa shape index (κ3) is 3.63. The van der Waals surface area contributed by atoms with Crippen LogP contribution >= 0.6 is 0 Å². The molecule has 2 fully saturated rings. The minimum atomic E-state index is -2.62. The van der Waals surface area contributed by atoms with Crippen molar-refractivity contribution in [1.82, 2.24) is 14.6 Å². The van der Waals surface area contributed by atoms with Gasteiger partial charge in [0.05, 0.1) is 11.2 Å². The maximum absolute atomic E-state index is 12.7. The first-order chi connectivity index (χ1) is 17.1. The average Bonchev–Trinajstić information content (AvgIpc) is 3.65. The van der Waals surface area contributed by atoms with Crippen LogP contribution < -0.4 is 24.7 Å². The van der Waals surface area contributed by atoms with Gasteiger partial charge in [-0.25, -0.2) is 4.98 Å². The summed E-state index contributed by atoms with van der Waals surface area (Å²) in [7, 11) is 0. The zero-order valence-corrected chi connectivity index (χ0v) is 17.7. The second-order valence-corrected chi connectivity index (χ2v) is 8.54. The normalized spacial score (nSPS) is 23.7. The van der Waals surface area contributed by atoms with Gasteiger partial charge in [0.1, 0.15) is 25.0 Å². The van der Waals surface area contributed by atoms with E-state index in [9.17, 15) is 4.79 Å². The SMILES string of the molecule is [2H]C1([2H])Oc2ccc(OC3CCN(c4nn5c(=O)cc(C6CC6)nc5cc4C)CC3)cc2OC1([2H])[2H]. The monoisotopic (exact) mass is 438 g/mol. The van der Waals surface area contributed by atoms with Crippen molar-refractivity contribution >= 4 is 11.5 Å². The Labute approximate surface area is 191 Å². The smallest absolute Gasteiger partial charge is 0.274 e. The molecule has 0 atom stereocenters. The third-order valence-corrected chi connectivity index (χ3v) is 6.15. The van der Waals surface area contributed by atoms with E-state index in [0.717, 1.165) is 42.8 Å². The fraction of sp³-hybridized carbons (Fsp3) is 0.458. The van der Waals surface area contributed by atoms with E-state index in [0.29, 0.717) is 30.4 Å². The van der Waals surface area contributed by atoms with Gasteiger partial charge in [0.25, 0.3) is 5.56 Å². The molecule has 1 aromatic carbocycles. The fourth-order valence-corrected chi connectivity index (χ4v) is 4.29. The number of benzene rings is 1. The van der Waals surface area contributed by atoms with Gasteiger partial charge in [-0.05, 0) is 43.5 Å². The first-order valence-electron chi connectivity index (χ1n) is 12.9. The summed E-state index contributed by atoms with van der Waals surface area (Å²) in [4.78, 5) is 19.5. The van der Waals surface area contributed by atoms with Crippen LogP contribution in [-0.2, 0) is 0 Å². The Morgan fingerprint density at radius 1 is 1.06 bits per heavy atom. The molecule has 32 heavy (non-hydrogen) atoms. The first kappa shape index (κ1) is 15.5. The van der Waals surface area contributed by atoms with Crippen LogP contribution in [0.2, 0.25) is 0 Å². The summed E-state index contributed by atoms with van der Waals surface area (Å²) >= 11 is 0. The van der Waals surface area contributed by atoms with Crippen LogP contribution in [0.3, 0.4) is 0 Å². The van der Waals surface area contributed by atoms with Gasteiger partial charge in [-0.3, -0.25) is 4.79 Å². The van der Waals surface area contributed by atoms with Crippen molar-refractivity contribution in [1.29, 1.82) is 0 Å². The van der Waals surface area contributed by atoms with Crippen LogP contribution in [0.5, 0.6) is 17.2 Å². The lowest BCUT2D eigenvalue weighted by Gasteiger charge is -2.33. The summed E-state index contributed by atoms with van der Waals surface area (Å²) < 4.78 is 48.8. The molecule has 0 unspecified atom stereocenters. The highest BCUT2D eigenvalue weighted by atomic mass is 16.6. The molecule has 1 saturated heterocycles. The van der Waals surface area contributed by atoms with Gasteiger partial charge in [0, 0.05) is 44.0 Å². The molecule has 0 amide bonds. The summed E-state index contributed by atoms with van der Waals surface area (Å²) in [5.41, 5.74) is 2.26. The molecule has 4 heterocycles. The van der Waals surface area contributed by atoms with Gasteiger partial charge in [-0.15, -0.1) is 5.10 Å². The van der Waals surface area contributed by atoms with E-state index in [4.69, 9.17) is 19.7 Å². The molecule has 2 aliphatic heterocycles. The van der Waals surface area contributed by atoms with Gasteiger partial charge in [0.2, 0.25) is 0 Å². The summed E-state index contributed by atoms with van der Waals surface area (Å²) in [6.07, 6.45) is 3.55. The molecule has 0 bridgehead atoms. The zero-order valence-electron chi connectivity index (χ0n) is 21.7. The lowest BCUT2D eigenvalue weighted by Crippen LogP contribution is -2.39. The Kier molecular flexibility index (Phi) is 3.72. The van der Waals surface area contributed by atoms with E-state index in [1.54, 1.807) is 12.1 Å². The van der Waals surface area contributed by atoms with Gasteiger partial charge in [-0.1, -0.05) is 0 Å². The molecule has 2 aromatic heterocycles. The van der Waals surface area contributed by atoms with E-state index >= 15 is 0 Å². The number of ether oxygens (including phenoxy) is 3. The molecular weight excluding hydrogens is 408 g/mol. The molecule has 3 aliphatic rings. The Hall–Kier alpha value is -3.29. The molecule has 8 nitrogen and oxygen atoms in total. The van der Waals surface area contributed by atoms with Crippen LogP contribution in [0, 0.1) is 6.92 Å². The van der Waals surface area contributed by atoms with E-state index in [1.165, 1.54) is 16.6 Å². The number of rotatable bonds is 4. The van der Waals surface area contributed by atoms with Gasteiger partial charge in [0.15, 0.2) is 23.0 Å². The van der Waals surface area contributed by atoms with Crippen LogP contribution in [0.15, 0.2) is 35.1 Å². The largest absolute Gasteiger partial charge is 0.490 e. The second-order valence-electron chi connectivity index (χ2n) is 8.54. The quantitative estimate of drug-likeness (QED) is 0.619. The van der Waals surface area contributed by atoms with E-state index in [2.05, 4.69) is 15.0 Å². The fourth-order valence-electron chi connectivity index (χ4n) is 4.29. The maximum Gasteiger partial charge on any atom is 0.274 e. The number of fused-ring (bicyclic) bond motifs is 2. The van der Waals surface area contributed by atoms with Crippen molar-refractivity contribution in [2.75, 3.05) is 31.1 Å². The minimum Gasteiger partial charge on any atom is -0.490 e. The molecule has 0 N–H and O–H groups in total. The number of aromatic nitrogens is 3. The third-order valence-electron chi connectivity index (χ3n) is 6.15. The highest BCUT2D eigenvalue weighted by molar-refractivity contribution is 5.53. The Bertz CT molecular complexity index is 1400. The lowest BCUT2D eigenvalue weighted by atomic mass is 10.1. The highest BCUT2D eigenvalue weighted by Crippen LogP contribution is 2.38. The van der Waals surface area contributed by atoms with Crippen molar-refractivity contribution in [2.24, 2.45) is 0 Å². The summed E-state index contributed by atoms with van der Waals surface area (Å²) in [6.45, 7) is -1.84. The summed E-state index contributed by atoms with van der Waals surface area (Å²) in [5, 5.41) is 4.63. The van der Waals surface area contributed by atoms with Crippen molar-refractivity contribution in [3.8, 4) is 17.2 Å². The molecule has 166 valence electrons. The molecule has 1 aliphatic carbocycles. The Morgan fingerprint density at radius 3 is 2.62 bits per heavy atom. The molecule has 3 aromatic rings. The van der Waals surface area contributed by atoms with Gasteiger partial charge in [-0.2, -0.15) is 4.52 Å². The van der Waals surface area contributed by atoms with E-state index < -0.39 is 13.1 Å². The highest BCUT2D eigenvalue weighted by Gasteiger charge is 2.27. The molecule has 0 radical (unpaired) electrons. The van der Waals surface area contributed by atoms with Crippen molar-refractivity contribution < 1.29 is 19.7 Å². The van der Waals surface area contributed by atoms with Crippen LogP contribution in [0.4, 0.5) is 5.82 Å². The number of hydrogen-bond acceptors (Lipinski definition) is 7. The van der Waals surface area contributed by atoms with E-state index in [1.807, 2.05) is 13.0 Å². The Balaban J connectivity index is 1.14. The number of piperidine rings is 1. The summed E-state index contributed by atoms with van der Waals surface area (Å²) in [5.74, 6) is 1.90. The lowest BCUT2D eigenvalue weighted by molar-refractivity contribution is 0.159. The number of nitrogens with zero attached hydrogens (tertiary/aromatic N) is 4. The van der Waals surface area contributed by atoms with Crippen LogP contribution in [0.25, 0.3) is 5.65 Å². The maximum atomic E-state index is 12.7. The topological polar surface area (TPSA) is 78.2 Å². The van der Waals surface area contributed by atoms with Crippen LogP contribution in [-0.4, -0.2) is 46.9 Å². The minimum absolute atomic E-state index is 0.0711. The molecule has 8 heteroatoms. The van der Waals surface area contributed by atoms with Crippen molar-refractivity contribution in [3.05, 3.63) is 51.9 Å². The molecular formula is C24H26N4O4. The predicted octanol–water partition coefficient (Wildman–Crippen LogP) is 3.09. The van der Waals surface area contributed by atoms with Gasteiger partial charge < -0.3 is 19.1 Å². The number of aryl methyl sites for hydroxylation is 1. The number of hydrogen-bond donors (Lipinski definition) is 0.